The van der Waals surface area contributed by atoms with E-state index in [-0.39, 0.29) is 5.56 Å². The van der Waals surface area contributed by atoms with Crippen LogP contribution < -0.4 is 0 Å². The number of hydrogen-bond acceptors (Lipinski definition) is 1. The van der Waals surface area contributed by atoms with E-state index < -0.39 is 17.6 Å². The zero-order chi connectivity index (χ0) is 17.3. The highest BCUT2D eigenvalue weighted by Gasteiger charge is 2.33. The van der Waals surface area contributed by atoms with Crippen molar-refractivity contribution >= 4 is 10.8 Å². The molecule has 24 heavy (non-hydrogen) atoms. The van der Waals surface area contributed by atoms with E-state index in [0.717, 1.165) is 11.5 Å². The van der Waals surface area contributed by atoms with Gasteiger partial charge in [0.2, 0.25) is 0 Å². The SMILES string of the molecule is CCCc1cc(-c2nccc3ccc(F)cc23)ccc1C(F)(F)F. The van der Waals surface area contributed by atoms with Crippen LogP contribution in [0.4, 0.5) is 17.6 Å². The van der Waals surface area contributed by atoms with Crippen LogP contribution in [0.3, 0.4) is 0 Å². The van der Waals surface area contributed by atoms with E-state index in [1.807, 2.05) is 6.92 Å². The highest BCUT2D eigenvalue weighted by atomic mass is 19.4. The van der Waals surface area contributed by atoms with Crippen molar-refractivity contribution in [2.24, 2.45) is 0 Å². The van der Waals surface area contributed by atoms with Gasteiger partial charge in [-0.1, -0.05) is 25.5 Å². The predicted molar refractivity (Wildman–Crippen MR) is 86.1 cm³/mol. The normalized spacial score (nSPS) is 11.9. The van der Waals surface area contributed by atoms with Gasteiger partial charge in [-0.15, -0.1) is 0 Å². The Hall–Kier alpha value is -2.43. The number of pyridine rings is 1. The molecule has 0 amide bonds. The Morgan fingerprint density at radius 1 is 1.00 bits per heavy atom. The van der Waals surface area contributed by atoms with Gasteiger partial charge in [0, 0.05) is 17.1 Å². The zero-order valence-corrected chi connectivity index (χ0v) is 13.0. The number of fused-ring (bicyclic) bond motifs is 1. The van der Waals surface area contributed by atoms with Gasteiger partial charge in [-0.25, -0.2) is 4.39 Å². The van der Waals surface area contributed by atoms with E-state index >= 15 is 0 Å². The largest absolute Gasteiger partial charge is 0.416 e. The number of benzene rings is 2. The Bertz CT molecular complexity index is 884. The first-order valence-electron chi connectivity index (χ1n) is 7.65. The molecule has 0 bridgehead atoms. The number of aromatic nitrogens is 1. The molecule has 1 nitrogen and oxygen atoms in total. The highest BCUT2D eigenvalue weighted by Crippen LogP contribution is 2.36. The minimum Gasteiger partial charge on any atom is -0.256 e. The second-order valence-electron chi connectivity index (χ2n) is 5.64. The molecule has 0 aliphatic heterocycles. The summed E-state index contributed by atoms with van der Waals surface area (Å²) in [6.07, 6.45) is -1.89. The summed E-state index contributed by atoms with van der Waals surface area (Å²) in [5.41, 5.74) is 0.651. The van der Waals surface area contributed by atoms with Crippen molar-refractivity contribution in [1.82, 2.24) is 4.98 Å². The van der Waals surface area contributed by atoms with Gasteiger partial charge >= 0.3 is 6.18 Å². The molecule has 124 valence electrons. The van der Waals surface area contributed by atoms with Crippen LogP contribution in [0, 0.1) is 5.82 Å². The molecule has 0 radical (unpaired) electrons. The van der Waals surface area contributed by atoms with Gasteiger partial charge in [0.05, 0.1) is 11.3 Å². The summed E-state index contributed by atoms with van der Waals surface area (Å²) < 4.78 is 53.0. The maximum atomic E-state index is 13.6. The molecule has 5 heteroatoms. The lowest BCUT2D eigenvalue weighted by Crippen LogP contribution is -2.09. The Labute approximate surface area is 137 Å². The van der Waals surface area contributed by atoms with Crippen molar-refractivity contribution in [3.63, 3.8) is 0 Å². The number of halogens is 4. The first-order valence-corrected chi connectivity index (χ1v) is 7.65. The number of rotatable bonds is 3. The van der Waals surface area contributed by atoms with E-state index in [1.54, 1.807) is 18.3 Å². The fraction of sp³-hybridized carbons (Fsp3) is 0.211. The van der Waals surface area contributed by atoms with Gasteiger partial charge in [-0.3, -0.25) is 4.98 Å². The molecule has 1 aromatic heterocycles. The van der Waals surface area contributed by atoms with Crippen LogP contribution in [0.1, 0.15) is 24.5 Å². The summed E-state index contributed by atoms with van der Waals surface area (Å²) in [6.45, 7) is 1.83. The molecule has 0 N–H and O–H groups in total. The number of hydrogen-bond donors (Lipinski definition) is 0. The molecular weight excluding hydrogens is 318 g/mol. The first kappa shape index (κ1) is 16.4. The Balaban J connectivity index is 2.20. The molecule has 0 atom stereocenters. The van der Waals surface area contributed by atoms with E-state index in [4.69, 9.17) is 0 Å². The molecule has 2 aromatic carbocycles. The lowest BCUT2D eigenvalue weighted by atomic mass is 9.96. The average Bonchev–Trinajstić information content (AvgIpc) is 2.53. The van der Waals surface area contributed by atoms with Crippen LogP contribution in [0.2, 0.25) is 0 Å². The van der Waals surface area contributed by atoms with Crippen molar-refractivity contribution in [2.45, 2.75) is 25.9 Å². The van der Waals surface area contributed by atoms with Crippen LogP contribution in [0.5, 0.6) is 0 Å². The fourth-order valence-electron chi connectivity index (χ4n) is 2.86. The quantitative estimate of drug-likeness (QED) is 0.535. The lowest BCUT2D eigenvalue weighted by molar-refractivity contribution is -0.138. The Morgan fingerprint density at radius 3 is 2.50 bits per heavy atom. The summed E-state index contributed by atoms with van der Waals surface area (Å²) in [5.74, 6) is -0.405. The predicted octanol–water partition coefficient (Wildman–Crippen LogP) is 6.01. The van der Waals surface area contributed by atoms with Gasteiger partial charge in [0.1, 0.15) is 5.82 Å². The van der Waals surface area contributed by atoms with Crippen molar-refractivity contribution in [3.8, 4) is 11.3 Å². The highest BCUT2D eigenvalue weighted by molar-refractivity contribution is 5.94. The van der Waals surface area contributed by atoms with Crippen molar-refractivity contribution in [1.29, 1.82) is 0 Å². The van der Waals surface area contributed by atoms with Gasteiger partial charge < -0.3 is 0 Å². The summed E-state index contributed by atoms with van der Waals surface area (Å²) in [6, 6.07) is 10.1. The van der Waals surface area contributed by atoms with E-state index in [9.17, 15) is 17.6 Å². The maximum Gasteiger partial charge on any atom is 0.416 e. The second kappa shape index (κ2) is 6.23. The van der Waals surface area contributed by atoms with Gasteiger partial charge in [0.15, 0.2) is 0 Å². The van der Waals surface area contributed by atoms with E-state index in [0.29, 0.717) is 29.5 Å². The van der Waals surface area contributed by atoms with Crippen molar-refractivity contribution < 1.29 is 17.6 Å². The van der Waals surface area contributed by atoms with E-state index in [2.05, 4.69) is 4.98 Å². The summed E-state index contributed by atoms with van der Waals surface area (Å²) in [5, 5.41) is 1.37. The van der Waals surface area contributed by atoms with Crippen LogP contribution in [0.15, 0.2) is 48.7 Å². The number of aryl methyl sites for hydroxylation is 1. The fourth-order valence-corrected chi connectivity index (χ4v) is 2.86. The minimum atomic E-state index is -4.39. The lowest BCUT2D eigenvalue weighted by Gasteiger charge is -2.14. The van der Waals surface area contributed by atoms with Crippen molar-refractivity contribution in [2.75, 3.05) is 0 Å². The van der Waals surface area contributed by atoms with Gasteiger partial charge in [-0.05, 0) is 47.7 Å². The number of alkyl halides is 3. The summed E-state index contributed by atoms with van der Waals surface area (Å²) in [4.78, 5) is 4.26. The summed E-state index contributed by atoms with van der Waals surface area (Å²) >= 11 is 0. The molecule has 0 fully saturated rings. The topological polar surface area (TPSA) is 12.9 Å². The Morgan fingerprint density at radius 2 is 1.79 bits per heavy atom. The molecule has 3 aromatic rings. The molecular formula is C19H15F4N. The average molecular weight is 333 g/mol. The number of nitrogens with zero attached hydrogens (tertiary/aromatic N) is 1. The molecule has 1 heterocycles. The maximum absolute atomic E-state index is 13.6. The Kier molecular flexibility index (Phi) is 4.26. The van der Waals surface area contributed by atoms with Gasteiger partial charge in [0.25, 0.3) is 0 Å². The molecule has 0 aliphatic rings. The minimum absolute atomic E-state index is 0.234. The third-order valence-electron chi connectivity index (χ3n) is 3.93. The smallest absolute Gasteiger partial charge is 0.256 e. The second-order valence-corrected chi connectivity index (χ2v) is 5.64. The molecule has 0 spiro atoms. The van der Waals surface area contributed by atoms with Crippen LogP contribution in [-0.2, 0) is 12.6 Å². The standard InChI is InChI=1S/C19H15F4N/c1-2-3-13-10-14(5-7-17(13)19(21,22)23)18-16-11-15(20)6-4-12(16)8-9-24-18/h4-11H,2-3H2,1H3. The van der Waals surface area contributed by atoms with Crippen LogP contribution in [-0.4, -0.2) is 4.98 Å². The van der Waals surface area contributed by atoms with E-state index in [1.165, 1.54) is 24.3 Å². The third kappa shape index (κ3) is 3.11. The third-order valence-corrected chi connectivity index (χ3v) is 3.93. The first-order chi connectivity index (χ1) is 11.4. The zero-order valence-electron chi connectivity index (χ0n) is 13.0. The summed E-state index contributed by atoms with van der Waals surface area (Å²) in [7, 11) is 0. The monoisotopic (exact) mass is 333 g/mol. The molecule has 0 saturated heterocycles. The van der Waals surface area contributed by atoms with Crippen molar-refractivity contribution in [3.05, 3.63) is 65.6 Å². The molecule has 0 unspecified atom stereocenters. The van der Waals surface area contributed by atoms with Crippen LogP contribution in [0.25, 0.3) is 22.0 Å². The molecule has 0 aliphatic carbocycles. The van der Waals surface area contributed by atoms with Gasteiger partial charge in [-0.2, -0.15) is 13.2 Å². The molecule has 0 saturated carbocycles. The molecule has 3 rings (SSSR count). The van der Waals surface area contributed by atoms with Crippen LogP contribution >= 0.6 is 0 Å².